The Morgan fingerprint density at radius 1 is 1.53 bits per heavy atom. The predicted octanol–water partition coefficient (Wildman–Crippen LogP) is 2.86. The Labute approximate surface area is 109 Å². The van der Waals surface area contributed by atoms with Gasteiger partial charge in [-0.3, -0.25) is 0 Å². The fourth-order valence-electron chi connectivity index (χ4n) is 1.41. The van der Waals surface area contributed by atoms with Crippen LogP contribution in [0.4, 0.5) is 5.69 Å². The third-order valence-electron chi connectivity index (χ3n) is 2.26. The second kappa shape index (κ2) is 5.53. The van der Waals surface area contributed by atoms with E-state index in [9.17, 15) is 5.11 Å². The number of aliphatic hydroxyl groups excluding tert-OH is 1. The number of aliphatic hydroxyl groups is 1. The number of nitrogens with two attached hydrogens (primary N) is 1. The Kier molecular flexibility index (Phi) is 4.04. The van der Waals surface area contributed by atoms with Crippen LogP contribution < -0.4 is 5.73 Å². The Morgan fingerprint density at radius 2 is 2.35 bits per heavy atom. The molecule has 0 saturated heterocycles. The topological polar surface area (TPSA) is 59.1 Å². The van der Waals surface area contributed by atoms with E-state index in [4.69, 9.17) is 5.73 Å². The molecule has 0 aliphatic rings. The van der Waals surface area contributed by atoms with Crippen LogP contribution in [0.3, 0.4) is 0 Å². The fraction of sp³-hybridized carbons (Fsp3) is 0.250. The van der Waals surface area contributed by atoms with E-state index >= 15 is 0 Å². The molecule has 3 N–H and O–H groups in total. The van der Waals surface area contributed by atoms with Crippen molar-refractivity contribution in [2.75, 3.05) is 11.5 Å². The summed E-state index contributed by atoms with van der Waals surface area (Å²) in [5.41, 5.74) is 8.23. The molecule has 0 fully saturated rings. The zero-order valence-electron chi connectivity index (χ0n) is 9.46. The lowest BCUT2D eigenvalue weighted by atomic mass is 10.1. The molecule has 0 amide bonds. The summed E-state index contributed by atoms with van der Waals surface area (Å²) in [5.74, 6) is 0.594. The SMILES string of the molecule is Cc1csc(SCC(O)c2cccc(N)c2)n1. The van der Waals surface area contributed by atoms with Crippen molar-refractivity contribution in [2.45, 2.75) is 17.4 Å². The van der Waals surface area contributed by atoms with Gasteiger partial charge in [0, 0.05) is 22.5 Å². The molecule has 0 spiro atoms. The molecule has 1 unspecified atom stereocenters. The monoisotopic (exact) mass is 266 g/mol. The van der Waals surface area contributed by atoms with Gasteiger partial charge in [0.1, 0.15) is 4.34 Å². The first kappa shape index (κ1) is 12.4. The quantitative estimate of drug-likeness (QED) is 0.660. The van der Waals surface area contributed by atoms with E-state index < -0.39 is 6.10 Å². The second-order valence-electron chi connectivity index (χ2n) is 3.75. The molecule has 1 heterocycles. The number of benzene rings is 1. The van der Waals surface area contributed by atoms with Gasteiger partial charge in [0.05, 0.1) is 6.10 Å². The molecule has 90 valence electrons. The number of hydrogen-bond donors (Lipinski definition) is 2. The average Bonchev–Trinajstić information content (AvgIpc) is 2.72. The highest BCUT2D eigenvalue weighted by Gasteiger charge is 2.09. The number of thioether (sulfide) groups is 1. The molecule has 0 saturated carbocycles. The molecule has 0 bridgehead atoms. The van der Waals surface area contributed by atoms with Crippen molar-refractivity contribution in [1.82, 2.24) is 4.98 Å². The molecule has 2 aromatic rings. The highest BCUT2D eigenvalue weighted by Crippen LogP contribution is 2.27. The highest BCUT2D eigenvalue weighted by atomic mass is 32.2. The maximum Gasteiger partial charge on any atom is 0.150 e. The van der Waals surface area contributed by atoms with Crippen molar-refractivity contribution in [3.05, 3.63) is 40.9 Å². The number of thiazole rings is 1. The van der Waals surface area contributed by atoms with Crippen molar-refractivity contribution >= 4 is 28.8 Å². The highest BCUT2D eigenvalue weighted by molar-refractivity contribution is 8.01. The zero-order valence-corrected chi connectivity index (χ0v) is 11.1. The zero-order chi connectivity index (χ0) is 12.3. The van der Waals surface area contributed by atoms with Crippen LogP contribution in [-0.2, 0) is 0 Å². The van der Waals surface area contributed by atoms with Crippen LogP contribution in [0.5, 0.6) is 0 Å². The fourth-order valence-corrected chi connectivity index (χ4v) is 3.25. The molecule has 1 aromatic carbocycles. The van der Waals surface area contributed by atoms with Gasteiger partial charge in [-0.05, 0) is 24.6 Å². The van der Waals surface area contributed by atoms with Gasteiger partial charge < -0.3 is 10.8 Å². The second-order valence-corrected chi connectivity index (χ2v) is 5.88. The van der Waals surface area contributed by atoms with Crippen molar-refractivity contribution in [2.24, 2.45) is 0 Å². The average molecular weight is 266 g/mol. The number of aryl methyl sites for hydroxylation is 1. The molecule has 17 heavy (non-hydrogen) atoms. The van der Waals surface area contributed by atoms with Crippen LogP contribution in [0.15, 0.2) is 34.0 Å². The van der Waals surface area contributed by atoms with Gasteiger partial charge in [0.25, 0.3) is 0 Å². The lowest BCUT2D eigenvalue weighted by molar-refractivity contribution is 0.204. The van der Waals surface area contributed by atoms with Gasteiger partial charge in [-0.25, -0.2) is 4.98 Å². The molecule has 0 aliphatic carbocycles. The first-order valence-corrected chi connectivity index (χ1v) is 7.10. The lowest BCUT2D eigenvalue weighted by Gasteiger charge is -2.09. The van der Waals surface area contributed by atoms with Gasteiger partial charge in [0.2, 0.25) is 0 Å². The van der Waals surface area contributed by atoms with Crippen LogP contribution in [0.25, 0.3) is 0 Å². The van der Waals surface area contributed by atoms with Crippen LogP contribution >= 0.6 is 23.1 Å². The van der Waals surface area contributed by atoms with E-state index in [0.29, 0.717) is 11.4 Å². The van der Waals surface area contributed by atoms with E-state index in [1.807, 2.05) is 30.5 Å². The molecule has 3 nitrogen and oxygen atoms in total. The number of rotatable bonds is 4. The normalized spacial score (nSPS) is 12.6. The molecular formula is C12H14N2OS2. The Balaban J connectivity index is 1.95. The van der Waals surface area contributed by atoms with Crippen molar-refractivity contribution in [3.63, 3.8) is 0 Å². The Morgan fingerprint density at radius 3 is 3.00 bits per heavy atom. The maximum absolute atomic E-state index is 10.0. The van der Waals surface area contributed by atoms with Gasteiger partial charge in [0.15, 0.2) is 0 Å². The van der Waals surface area contributed by atoms with Gasteiger partial charge in [-0.2, -0.15) is 0 Å². The van der Waals surface area contributed by atoms with E-state index in [0.717, 1.165) is 15.6 Å². The standard InChI is InChI=1S/C12H14N2OS2/c1-8-6-16-12(14-8)17-7-11(15)9-3-2-4-10(13)5-9/h2-6,11,15H,7,13H2,1H3. The lowest BCUT2D eigenvalue weighted by Crippen LogP contribution is -2.01. The van der Waals surface area contributed by atoms with Crippen molar-refractivity contribution in [1.29, 1.82) is 0 Å². The van der Waals surface area contributed by atoms with E-state index in [2.05, 4.69) is 4.98 Å². The van der Waals surface area contributed by atoms with Crippen LogP contribution in [0.2, 0.25) is 0 Å². The number of aromatic nitrogens is 1. The van der Waals surface area contributed by atoms with Crippen LogP contribution in [-0.4, -0.2) is 15.8 Å². The van der Waals surface area contributed by atoms with Crippen molar-refractivity contribution in [3.8, 4) is 0 Å². The third kappa shape index (κ3) is 3.46. The number of nitrogen functional groups attached to an aromatic ring is 1. The number of anilines is 1. The minimum Gasteiger partial charge on any atom is -0.399 e. The Bertz CT molecular complexity index is 499. The molecular weight excluding hydrogens is 252 g/mol. The Hall–Kier alpha value is -1.04. The number of hydrogen-bond acceptors (Lipinski definition) is 5. The summed E-state index contributed by atoms with van der Waals surface area (Å²) < 4.78 is 0.991. The van der Waals surface area contributed by atoms with Gasteiger partial charge >= 0.3 is 0 Å². The summed E-state index contributed by atoms with van der Waals surface area (Å²) in [5, 5.41) is 12.0. The van der Waals surface area contributed by atoms with Crippen LogP contribution in [0.1, 0.15) is 17.4 Å². The summed E-state index contributed by atoms with van der Waals surface area (Å²) in [7, 11) is 0. The molecule has 1 atom stereocenters. The first-order valence-electron chi connectivity index (χ1n) is 5.23. The maximum atomic E-state index is 10.0. The first-order chi connectivity index (χ1) is 8.15. The van der Waals surface area contributed by atoms with Gasteiger partial charge in [-0.15, -0.1) is 11.3 Å². The van der Waals surface area contributed by atoms with E-state index in [-0.39, 0.29) is 0 Å². The molecule has 0 radical (unpaired) electrons. The molecule has 0 aliphatic heterocycles. The smallest absolute Gasteiger partial charge is 0.150 e. The minimum atomic E-state index is -0.507. The van der Waals surface area contributed by atoms with E-state index in [1.165, 1.54) is 0 Å². The molecule has 5 heteroatoms. The summed E-state index contributed by atoms with van der Waals surface area (Å²) in [6.07, 6.45) is -0.507. The predicted molar refractivity (Wildman–Crippen MR) is 73.4 cm³/mol. The van der Waals surface area contributed by atoms with Crippen molar-refractivity contribution < 1.29 is 5.11 Å². The third-order valence-corrected chi connectivity index (χ3v) is 4.47. The largest absolute Gasteiger partial charge is 0.399 e. The summed E-state index contributed by atoms with van der Waals surface area (Å²) in [4.78, 5) is 4.34. The minimum absolute atomic E-state index is 0.507. The summed E-state index contributed by atoms with van der Waals surface area (Å²) in [6.45, 7) is 1.97. The number of nitrogens with zero attached hydrogens (tertiary/aromatic N) is 1. The molecule has 2 rings (SSSR count). The van der Waals surface area contributed by atoms with Crippen LogP contribution in [0, 0.1) is 6.92 Å². The summed E-state index contributed by atoms with van der Waals surface area (Å²) in [6, 6.07) is 7.35. The molecule has 1 aromatic heterocycles. The van der Waals surface area contributed by atoms with Gasteiger partial charge in [-0.1, -0.05) is 23.9 Å². The van der Waals surface area contributed by atoms with E-state index in [1.54, 1.807) is 29.2 Å². The summed E-state index contributed by atoms with van der Waals surface area (Å²) >= 11 is 3.17.